The van der Waals surface area contributed by atoms with Crippen LogP contribution in [-0.2, 0) is 17.8 Å². The van der Waals surface area contributed by atoms with Crippen LogP contribution in [0.4, 0.5) is 11.4 Å². The summed E-state index contributed by atoms with van der Waals surface area (Å²) in [6.07, 6.45) is 0.324. The predicted octanol–water partition coefficient (Wildman–Crippen LogP) is 5.54. The molecular formula is C22H23ClN2O2S. The monoisotopic (exact) mass is 414 g/mol. The Balaban J connectivity index is 1.62. The van der Waals surface area contributed by atoms with Crippen LogP contribution in [0.5, 0.6) is 5.75 Å². The van der Waals surface area contributed by atoms with Gasteiger partial charge in [0.25, 0.3) is 0 Å². The molecule has 1 amide bonds. The van der Waals surface area contributed by atoms with Crippen LogP contribution in [-0.4, -0.2) is 20.1 Å². The highest BCUT2D eigenvalue weighted by Crippen LogP contribution is 2.27. The number of anilines is 2. The Morgan fingerprint density at radius 3 is 2.50 bits per heavy atom. The van der Waals surface area contributed by atoms with E-state index in [4.69, 9.17) is 16.3 Å². The molecule has 3 rings (SSSR count). The zero-order valence-corrected chi connectivity index (χ0v) is 17.7. The molecule has 0 bridgehead atoms. The summed E-state index contributed by atoms with van der Waals surface area (Å²) in [6, 6.07) is 17.5. The third kappa shape index (κ3) is 5.27. The predicted molar refractivity (Wildman–Crippen MR) is 118 cm³/mol. The minimum atomic E-state index is -0.0393. The lowest BCUT2D eigenvalue weighted by molar-refractivity contribution is -0.115. The summed E-state index contributed by atoms with van der Waals surface area (Å²) >= 11 is 7.60. The molecule has 1 heterocycles. The van der Waals surface area contributed by atoms with Crippen molar-refractivity contribution in [2.45, 2.75) is 19.9 Å². The van der Waals surface area contributed by atoms with Gasteiger partial charge in [-0.1, -0.05) is 23.7 Å². The van der Waals surface area contributed by atoms with E-state index in [0.29, 0.717) is 6.42 Å². The molecule has 0 unspecified atom stereocenters. The van der Waals surface area contributed by atoms with E-state index in [0.717, 1.165) is 39.1 Å². The second-order valence-electron chi connectivity index (χ2n) is 6.63. The lowest BCUT2D eigenvalue weighted by Crippen LogP contribution is -2.17. The normalized spacial score (nSPS) is 10.6. The molecule has 28 heavy (non-hydrogen) atoms. The summed E-state index contributed by atoms with van der Waals surface area (Å²) < 4.78 is 5.94. The number of hydrogen-bond donors (Lipinski definition) is 1. The third-order valence-corrected chi connectivity index (χ3v) is 5.69. The van der Waals surface area contributed by atoms with Crippen LogP contribution in [0.25, 0.3) is 0 Å². The van der Waals surface area contributed by atoms with E-state index in [1.807, 2.05) is 62.5 Å². The standard InChI is InChI=1S/C22H23ClN2O2S/c1-15-12-17(25(2)14-19-9-11-21(23)28-19)6-10-20(15)24-22(26)13-16-4-7-18(27-3)8-5-16/h4-12H,13-14H2,1-3H3,(H,24,26). The van der Waals surface area contributed by atoms with E-state index in [2.05, 4.69) is 16.3 Å². The van der Waals surface area contributed by atoms with Crippen molar-refractivity contribution in [2.24, 2.45) is 0 Å². The maximum Gasteiger partial charge on any atom is 0.228 e. The van der Waals surface area contributed by atoms with Crippen LogP contribution in [0.1, 0.15) is 16.0 Å². The first kappa shape index (κ1) is 20.2. The van der Waals surface area contributed by atoms with Gasteiger partial charge in [-0.25, -0.2) is 0 Å². The Kier molecular flexibility index (Phi) is 6.60. The third-order valence-electron chi connectivity index (χ3n) is 4.47. The van der Waals surface area contributed by atoms with Gasteiger partial charge in [0, 0.05) is 23.3 Å². The number of rotatable bonds is 7. The van der Waals surface area contributed by atoms with Crippen LogP contribution < -0.4 is 15.0 Å². The molecule has 3 aromatic rings. The van der Waals surface area contributed by atoms with Crippen molar-refractivity contribution in [2.75, 3.05) is 24.4 Å². The van der Waals surface area contributed by atoms with Gasteiger partial charge in [-0.2, -0.15) is 0 Å². The SMILES string of the molecule is COc1ccc(CC(=O)Nc2ccc(N(C)Cc3ccc(Cl)s3)cc2C)cc1. The Bertz CT molecular complexity index is 953. The highest BCUT2D eigenvalue weighted by Gasteiger charge is 2.10. The number of hydrogen-bond acceptors (Lipinski definition) is 4. The highest BCUT2D eigenvalue weighted by atomic mass is 35.5. The molecule has 146 valence electrons. The van der Waals surface area contributed by atoms with Crippen molar-refractivity contribution in [3.05, 3.63) is 74.9 Å². The maximum absolute atomic E-state index is 12.4. The van der Waals surface area contributed by atoms with Crippen LogP contribution in [0.2, 0.25) is 4.34 Å². The molecule has 0 fully saturated rings. The molecule has 0 saturated carbocycles. The van der Waals surface area contributed by atoms with Crippen molar-refractivity contribution in [1.82, 2.24) is 0 Å². The van der Waals surface area contributed by atoms with Gasteiger partial charge in [0.2, 0.25) is 5.91 Å². The van der Waals surface area contributed by atoms with E-state index >= 15 is 0 Å². The molecule has 0 radical (unpaired) electrons. The number of nitrogens with zero attached hydrogens (tertiary/aromatic N) is 1. The van der Waals surface area contributed by atoms with E-state index < -0.39 is 0 Å². The number of carbonyl (C=O) groups excluding carboxylic acids is 1. The summed E-state index contributed by atoms with van der Waals surface area (Å²) in [4.78, 5) is 15.8. The lowest BCUT2D eigenvalue weighted by Gasteiger charge is -2.20. The number of nitrogens with one attached hydrogen (secondary N) is 1. The summed E-state index contributed by atoms with van der Waals surface area (Å²) in [7, 11) is 3.67. The largest absolute Gasteiger partial charge is 0.497 e. The van der Waals surface area contributed by atoms with Crippen LogP contribution in [0.15, 0.2) is 54.6 Å². The quantitative estimate of drug-likeness (QED) is 0.552. The zero-order chi connectivity index (χ0) is 20.1. The van der Waals surface area contributed by atoms with Crippen LogP contribution in [0, 0.1) is 6.92 Å². The fourth-order valence-electron chi connectivity index (χ4n) is 2.91. The van der Waals surface area contributed by atoms with Gasteiger partial charge in [0.1, 0.15) is 5.75 Å². The van der Waals surface area contributed by atoms with Gasteiger partial charge < -0.3 is 15.0 Å². The summed E-state index contributed by atoms with van der Waals surface area (Å²) in [5, 5.41) is 3.00. The Morgan fingerprint density at radius 1 is 1.14 bits per heavy atom. The fraction of sp³-hybridized carbons (Fsp3) is 0.227. The average Bonchev–Trinajstić information content (AvgIpc) is 3.08. The molecule has 1 aromatic heterocycles. The number of benzene rings is 2. The zero-order valence-electron chi connectivity index (χ0n) is 16.2. The van der Waals surface area contributed by atoms with Crippen molar-refractivity contribution in [3.63, 3.8) is 0 Å². The molecule has 4 nitrogen and oxygen atoms in total. The minimum absolute atomic E-state index is 0.0393. The molecule has 2 aromatic carbocycles. The van der Waals surface area contributed by atoms with Crippen LogP contribution in [0.3, 0.4) is 0 Å². The number of amides is 1. The van der Waals surface area contributed by atoms with E-state index in [1.54, 1.807) is 18.4 Å². The molecule has 0 atom stereocenters. The number of halogens is 1. The van der Waals surface area contributed by atoms with Crippen molar-refractivity contribution >= 4 is 40.2 Å². The molecule has 0 aliphatic carbocycles. The second kappa shape index (κ2) is 9.13. The van der Waals surface area contributed by atoms with Gasteiger partial charge in [-0.3, -0.25) is 4.79 Å². The van der Waals surface area contributed by atoms with Gasteiger partial charge in [-0.15, -0.1) is 11.3 Å². The topological polar surface area (TPSA) is 41.6 Å². The smallest absolute Gasteiger partial charge is 0.228 e. The molecule has 6 heteroatoms. The summed E-state index contributed by atoms with van der Waals surface area (Å²) in [5.41, 5.74) is 3.89. The van der Waals surface area contributed by atoms with Crippen LogP contribution >= 0.6 is 22.9 Å². The summed E-state index contributed by atoms with van der Waals surface area (Å²) in [5.74, 6) is 0.743. The highest BCUT2D eigenvalue weighted by molar-refractivity contribution is 7.16. The Labute approximate surface area is 174 Å². The molecule has 0 aliphatic heterocycles. The van der Waals surface area contributed by atoms with Gasteiger partial charge in [0.05, 0.1) is 24.4 Å². The van der Waals surface area contributed by atoms with E-state index in [9.17, 15) is 4.79 Å². The Morgan fingerprint density at radius 2 is 1.89 bits per heavy atom. The molecule has 0 aliphatic rings. The van der Waals surface area contributed by atoms with Crippen molar-refractivity contribution in [1.29, 1.82) is 0 Å². The first-order valence-corrected chi connectivity index (χ1v) is 10.1. The minimum Gasteiger partial charge on any atom is -0.497 e. The van der Waals surface area contributed by atoms with E-state index in [1.165, 1.54) is 4.88 Å². The van der Waals surface area contributed by atoms with Gasteiger partial charge in [-0.05, 0) is 60.5 Å². The number of carbonyl (C=O) groups is 1. The lowest BCUT2D eigenvalue weighted by atomic mass is 10.1. The number of ether oxygens (including phenoxy) is 1. The van der Waals surface area contributed by atoms with Crippen molar-refractivity contribution < 1.29 is 9.53 Å². The van der Waals surface area contributed by atoms with E-state index in [-0.39, 0.29) is 5.91 Å². The summed E-state index contributed by atoms with van der Waals surface area (Å²) in [6.45, 7) is 2.79. The molecular weight excluding hydrogens is 392 g/mol. The molecule has 1 N–H and O–H groups in total. The van der Waals surface area contributed by atoms with Gasteiger partial charge >= 0.3 is 0 Å². The molecule has 0 spiro atoms. The first-order valence-electron chi connectivity index (χ1n) is 8.93. The fourth-order valence-corrected chi connectivity index (χ4v) is 4.05. The molecule has 0 saturated heterocycles. The van der Waals surface area contributed by atoms with Crippen molar-refractivity contribution in [3.8, 4) is 5.75 Å². The number of thiophene rings is 1. The number of methoxy groups -OCH3 is 1. The van der Waals surface area contributed by atoms with Gasteiger partial charge in [0.15, 0.2) is 0 Å². The first-order chi connectivity index (χ1) is 13.4. The number of aryl methyl sites for hydroxylation is 1. The average molecular weight is 415 g/mol. The Hall–Kier alpha value is -2.50. The second-order valence-corrected chi connectivity index (χ2v) is 8.43. The maximum atomic E-state index is 12.4.